The summed E-state index contributed by atoms with van der Waals surface area (Å²) in [5.41, 5.74) is 5.93. The molecule has 4 aromatic rings. The number of nitrogens with zero attached hydrogens (tertiary/aromatic N) is 4. The molecule has 0 bridgehead atoms. The molecule has 30 heavy (non-hydrogen) atoms. The van der Waals surface area contributed by atoms with E-state index in [2.05, 4.69) is 52.8 Å². The number of hydrogen-bond acceptors (Lipinski definition) is 3. The van der Waals surface area contributed by atoms with Gasteiger partial charge in [-0.05, 0) is 60.6 Å². The van der Waals surface area contributed by atoms with Crippen molar-refractivity contribution in [3.63, 3.8) is 0 Å². The molecule has 0 saturated heterocycles. The lowest BCUT2D eigenvalue weighted by atomic mass is 10.0. The van der Waals surface area contributed by atoms with E-state index < -0.39 is 0 Å². The maximum absolute atomic E-state index is 12.5. The Kier molecular flexibility index (Phi) is 4.42. The zero-order valence-electron chi connectivity index (χ0n) is 17.5. The molecule has 1 fully saturated rings. The number of rotatable bonds is 5. The molecule has 1 N–H and O–H groups in total. The van der Waals surface area contributed by atoms with Crippen molar-refractivity contribution in [3.05, 3.63) is 71.8 Å². The Balaban J connectivity index is 1.51. The molecular formula is C24H25N5O. The Labute approximate surface area is 175 Å². The summed E-state index contributed by atoms with van der Waals surface area (Å²) >= 11 is 0. The highest BCUT2D eigenvalue weighted by Crippen LogP contribution is 2.27. The van der Waals surface area contributed by atoms with Gasteiger partial charge in [0.25, 0.3) is 5.91 Å². The maximum Gasteiger partial charge on any atom is 0.251 e. The highest BCUT2D eigenvalue weighted by Gasteiger charge is 2.24. The average Bonchev–Trinajstić information content (AvgIpc) is 3.25. The molecule has 0 spiro atoms. The first-order valence-electron chi connectivity index (χ1n) is 10.4. The second kappa shape index (κ2) is 7.13. The zero-order chi connectivity index (χ0) is 20.8. The van der Waals surface area contributed by atoms with Gasteiger partial charge in [0.15, 0.2) is 5.82 Å². The van der Waals surface area contributed by atoms with Crippen molar-refractivity contribution in [1.82, 2.24) is 24.5 Å². The fourth-order valence-corrected chi connectivity index (χ4v) is 3.65. The molecule has 6 heteroatoms. The summed E-state index contributed by atoms with van der Waals surface area (Å²) in [6.07, 6.45) is 9.96. The van der Waals surface area contributed by atoms with Crippen LogP contribution >= 0.6 is 0 Å². The number of hydrogen-bond donors (Lipinski definition) is 1. The van der Waals surface area contributed by atoms with Crippen molar-refractivity contribution in [1.29, 1.82) is 0 Å². The molecule has 1 saturated carbocycles. The number of imidazole rings is 1. The predicted octanol–water partition coefficient (Wildman–Crippen LogP) is 4.51. The van der Waals surface area contributed by atoms with E-state index in [4.69, 9.17) is 0 Å². The van der Waals surface area contributed by atoms with Crippen LogP contribution in [0.5, 0.6) is 0 Å². The Bertz CT molecular complexity index is 1250. The SMILES string of the molecule is Cc1ccc(C(=O)NC2CC2)cc1-c1cnn(-c2cnc3ccc(C(C)C)cn23)c1. The van der Waals surface area contributed by atoms with Crippen LogP contribution in [0.25, 0.3) is 22.6 Å². The zero-order valence-corrected chi connectivity index (χ0v) is 17.5. The first-order valence-corrected chi connectivity index (χ1v) is 10.4. The fraction of sp³-hybridized carbons (Fsp3) is 0.292. The number of benzene rings is 1. The van der Waals surface area contributed by atoms with Crippen LogP contribution in [0.1, 0.15) is 54.1 Å². The second-order valence-corrected chi connectivity index (χ2v) is 8.41. The van der Waals surface area contributed by atoms with E-state index in [-0.39, 0.29) is 5.91 Å². The first kappa shape index (κ1) is 18.6. The number of aryl methyl sites for hydroxylation is 1. The van der Waals surface area contributed by atoms with Gasteiger partial charge in [-0.3, -0.25) is 9.20 Å². The van der Waals surface area contributed by atoms with Crippen LogP contribution in [0.2, 0.25) is 0 Å². The molecule has 0 aliphatic heterocycles. The minimum absolute atomic E-state index is 0.00543. The minimum atomic E-state index is -0.00543. The van der Waals surface area contributed by atoms with Crippen LogP contribution in [0, 0.1) is 6.92 Å². The third-order valence-corrected chi connectivity index (χ3v) is 5.72. The molecule has 1 aliphatic rings. The van der Waals surface area contributed by atoms with Crippen molar-refractivity contribution in [2.24, 2.45) is 0 Å². The van der Waals surface area contributed by atoms with Gasteiger partial charge in [-0.1, -0.05) is 26.0 Å². The number of pyridine rings is 1. The second-order valence-electron chi connectivity index (χ2n) is 8.41. The number of nitrogens with one attached hydrogen (secondary N) is 1. The molecule has 1 aromatic carbocycles. The van der Waals surface area contributed by atoms with Gasteiger partial charge in [-0.25, -0.2) is 9.67 Å². The normalized spacial score (nSPS) is 13.9. The minimum Gasteiger partial charge on any atom is -0.349 e. The van der Waals surface area contributed by atoms with Crippen molar-refractivity contribution < 1.29 is 4.79 Å². The lowest BCUT2D eigenvalue weighted by molar-refractivity contribution is 0.0951. The van der Waals surface area contributed by atoms with E-state index in [1.54, 1.807) is 0 Å². The van der Waals surface area contributed by atoms with Crippen LogP contribution in [0.15, 0.2) is 55.1 Å². The van der Waals surface area contributed by atoms with Crippen LogP contribution in [-0.4, -0.2) is 31.1 Å². The predicted molar refractivity (Wildman–Crippen MR) is 117 cm³/mol. The van der Waals surface area contributed by atoms with Gasteiger partial charge in [-0.15, -0.1) is 0 Å². The van der Waals surface area contributed by atoms with Crippen LogP contribution in [0.3, 0.4) is 0 Å². The van der Waals surface area contributed by atoms with E-state index in [0.717, 1.165) is 41.0 Å². The molecule has 3 aromatic heterocycles. The van der Waals surface area contributed by atoms with Gasteiger partial charge < -0.3 is 5.32 Å². The fourth-order valence-electron chi connectivity index (χ4n) is 3.65. The van der Waals surface area contributed by atoms with Gasteiger partial charge in [0, 0.05) is 29.6 Å². The van der Waals surface area contributed by atoms with Gasteiger partial charge in [0.2, 0.25) is 0 Å². The first-order chi connectivity index (χ1) is 14.5. The lowest BCUT2D eigenvalue weighted by Crippen LogP contribution is -2.25. The molecule has 5 rings (SSSR count). The van der Waals surface area contributed by atoms with Crippen molar-refractivity contribution in [2.75, 3.05) is 0 Å². The highest BCUT2D eigenvalue weighted by atomic mass is 16.1. The number of amides is 1. The average molecular weight is 399 g/mol. The summed E-state index contributed by atoms with van der Waals surface area (Å²) in [6, 6.07) is 10.3. The number of carbonyl (C=O) groups is 1. The quantitative estimate of drug-likeness (QED) is 0.537. The van der Waals surface area contributed by atoms with E-state index in [1.165, 1.54) is 5.56 Å². The van der Waals surface area contributed by atoms with Gasteiger partial charge in [0.1, 0.15) is 5.65 Å². The van der Waals surface area contributed by atoms with Gasteiger partial charge >= 0.3 is 0 Å². The molecule has 152 valence electrons. The molecule has 1 aliphatic carbocycles. The van der Waals surface area contributed by atoms with Crippen LogP contribution < -0.4 is 5.32 Å². The van der Waals surface area contributed by atoms with Gasteiger partial charge in [0.05, 0.1) is 12.4 Å². The molecule has 3 heterocycles. The lowest BCUT2D eigenvalue weighted by Gasteiger charge is -2.08. The van der Waals surface area contributed by atoms with Crippen molar-refractivity contribution in [3.8, 4) is 16.9 Å². The molecule has 6 nitrogen and oxygen atoms in total. The monoisotopic (exact) mass is 399 g/mol. The highest BCUT2D eigenvalue weighted by molar-refractivity contribution is 5.96. The summed E-state index contributed by atoms with van der Waals surface area (Å²) in [5.74, 6) is 1.32. The third kappa shape index (κ3) is 3.38. The smallest absolute Gasteiger partial charge is 0.251 e. The third-order valence-electron chi connectivity index (χ3n) is 5.72. The van der Waals surface area contributed by atoms with Crippen LogP contribution in [0.4, 0.5) is 0 Å². The Morgan fingerprint density at radius 1 is 1.13 bits per heavy atom. The summed E-state index contributed by atoms with van der Waals surface area (Å²) in [6.45, 7) is 6.41. The van der Waals surface area contributed by atoms with E-state index in [1.807, 2.05) is 47.5 Å². The summed E-state index contributed by atoms with van der Waals surface area (Å²) < 4.78 is 3.91. The molecular weight excluding hydrogens is 374 g/mol. The Morgan fingerprint density at radius 3 is 2.73 bits per heavy atom. The van der Waals surface area contributed by atoms with E-state index in [9.17, 15) is 4.79 Å². The largest absolute Gasteiger partial charge is 0.349 e. The summed E-state index contributed by atoms with van der Waals surface area (Å²) in [4.78, 5) is 17.0. The Hall–Kier alpha value is -3.41. The summed E-state index contributed by atoms with van der Waals surface area (Å²) in [7, 11) is 0. The van der Waals surface area contributed by atoms with Crippen LogP contribution in [-0.2, 0) is 0 Å². The molecule has 0 radical (unpaired) electrons. The topological polar surface area (TPSA) is 64.2 Å². The molecule has 0 unspecified atom stereocenters. The maximum atomic E-state index is 12.5. The summed E-state index contributed by atoms with van der Waals surface area (Å²) in [5, 5.41) is 7.65. The Morgan fingerprint density at radius 2 is 1.97 bits per heavy atom. The molecule has 1 amide bonds. The standard InChI is InChI=1S/C24H25N5O/c1-15(2)18-6-9-22-25-12-23(28(22)13-18)29-14-19(11-26-29)21-10-17(5-4-16(21)3)24(30)27-20-7-8-20/h4-6,9-15,20H,7-8H2,1-3H3,(H,27,30). The number of aromatic nitrogens is 4. The number of fused-ring (bicyclic) bond motifs is 1. The van der Waals surface area contributed by atoms with E-state index in [0.29, 0.717) is 17.5 Å². The van der Waals surface area contributed by atoms with Crippen molar-refractivity contribution >= 4 is 11.6 Å². The van der Waals surface area contributed by atoms with Crippen molar-refractivity contribution in [2.45, 2.75) is 45.6 Å². The van der Waals surface area contributed by atoms with E-state index >= 15 is 0 Å². The molecule has 0 atom stereocenters. The van der Waals surface area contributed by atoms with Gasteiger partial charge in [-0.2, -0.15) is 5.10 Å². The number of carbonyl (C=O) groups excluding carboxylic acids is 1.